The first-order chi connectivity index (χ1) is 9.72. The van der Waals surface area contributed by atoms with Crippen molar-refractivity contribution in [3.63, 3.8) is 0 Å². The summed E-state index contributed by atoms with van der Waals surface area (Å²) in [6, 6.07) is 17.2. The maximum Gasteiger partial charge on any atom is 0.138 e. The Morgan fingerprint density at radius 3 is 2.75 bits per heavy atom. The molecule has 0 aliphatic carbocycles. The van der Waals surface area contributed by atoms with Crippen LogP contribution in [0.15, 0.2) is 54.6 Å². The van der Waals surface area contributed by atoms with Gasteiger partial charge in [-0.15, -0.1) is 0 Å². The lowest BCUT2D eigenvalue weighted by atomic mass is 10.2. The van der Waals surface area contributed by atoms with Gasteiger partial charge in [-0.3, -0.25) is 0 Å². The maximum atomic E-state index is 6.07. The molecule has 0 bridgehead atoms. The van der Waals surface area contributed by atoms with Crippen molar-refractivity contribution in [3.8, 4) is 5.75 Å². The topological polar surface area (TPSA) is 22.1 Å². The smallest absolute Gasteiger partial charge is 0.138 e. The van der Waals surface area contributed by atoms with Crippen LogP contribution in [0.4, 0.5) is 0 Å². The van der Waals surface area contributed by atoms with E-state index >= 15 is 0 Å². The van der Waals surface area contributed by atoms with Gasteiger partial charge in [0.1, 0.15) is 12.4 Å². The molecule has 0 amide bonds. The molecule has 3 aromatic rings. The fourth-order valence-corrected chi connectivity index (χ4v) is 2.22. The number of nitrogens with zero attached hydrogens (tertiary/aromatic N) is 1. The summed E-state index contributed by atoms with van der Waals surface area (Å²) in [4.78, 5) is 4.54. The van der Waals surface area contributed by atoms with E-state index in [1.165, 1.54) is 0 Å². The van der Waals surface area contributed by atoms with Gasteiger partial charge in [0, 0.05) is 5.39 Å². The number of benzene rings is 2. The van der Waals surface area contributed by atoms with E-state index in [2.05, 4.69) is 4.98 Å². The first-order valence-electron chi connectivity index (χ1n) is 6.25. The minimum atomic E-state index is 0.370. The predicted octanol–water partition coefficient (Wildman–Crippen LogP) is 4.53. The Labute approximate surface area is 123 Å². The monoisotopic (exact) mass is 281 g/mol. The van der Waals surface area contributed by atoms with Gasteiger partial charge in [-0.1, -0.05) is 41.9 Å². The fourth-order valence-electron chi connectivity index (χ4n) is 1.97. The van der Waals surface area contributed by atoms with Gasteiger partial charge in [-0.2, -0.15) is 0 Å². The van der Waals surface area contributed by atoms with Crippen LogP contribution in [-0.4, -0.2) is 4.98 Å². The summed E-state index contributed by atoms with van der Waals surface area (Å²) in [5.74, 6) is 0.607. The molecule has 1 heterocycles. The number of ether oxygens (including phenoxy) is 1. The van der Waals surface area contributed by atoms with Gasteiger partial charge in [0.2, 0.25) is 0 Å². The number of hydrogen-bond donors (Lipinski definition) is 0. The van der Waals surface area contributed by atoms with E-state index in [1.807, 2.05) is 36.4 Å². The molecule has 2 radical (unpaired) electrons. The second-order valence-electron chi connectivity index (χ2n) is 4.47. The number of pyridine rings is 1. The van der Waals surface area contributed by atoms with Crippen LogP contribution in [0, 0.1) is 6.92 Å². The Hall–Kier alpha value is -2.06. The molecule has 0 aliphatic rings. The third kappa shape index (κ3) is 2.75. The zero-order valence-corrected chi connectivity index (χ0v) is 11.5. The van der Waals surface area contributed by atoms with Crippen LogP contribution in [0.2, 0.25) is 5.02 Å². The third-order valence-corrected chi connectivity index (χ3v) is 3.28. The Balaban J connectivity index is 1.79. The largest absolute Gasteiger partial charge is 0.486 e. The van der Waals surface area contributed by atoms with Crippen LogP contribution in [0.3, 0.4) is 0 Å². The summed E-state index contributed by atoms with van der Waals surface area (Å²) >= 11 is 6.07. The fraction of sp³-hybridized carbons (Fsp3) is 0.0588. The van der Waals surface area contributed by atoms with Gasteiger partial charge in [0.15, 0.2) is 0 Å². The second-order valence-corrected chi connectivity index (χ2v) is 4.88. The van der Waals surface area contributed by atoms with E-state index in [1.54, 1.807) is 18.2 Å². The molecule has 3 heteroatoms. The van der Waals surface area contributed by atoms with Gasteiger partial charge in [-0.05, 0) is 36.8 Å². The Morgan fingerprint density at radius 2 is 1.90 bits per heavy atom. The number of fused-ring (bicyclic) bond motifs is 1. The summed E-state index contributed by atoms with van der Waals surface area (Å²) in [6.45, 7) is 6.01. The Morgan fingerprint density at radius 1 is 1.05 bits per heavy atom. The van der Waals surface area contributed by atoms with Crippen LogP contribution in [0.25, 0.3) is 10.9 Å². The van der Waals surface area contributed by atoms with Crippen LogP contribution >= 0.6 is 11.6 Å². The summed E-state index contributed by atoms with van der Waals surface area (Å²) < 4.78 is 5.68. The zero-order chi connectivity index (χ0) is 13.9. The second kappa shape index (κ2) is 5.51. The van der Waals surface area contributed by atoms with Crippen molar-refractivity contribution in [1.29, 1.82) is 0 Å². The van der Waals surface area contributed by atoms with E-state index in [4.69, 9.17) is 23.3 Å². The van der Waals surface area contributed by atoms with Crippen molar-refractivity contribution in [2.45, 2.75) is 6.61 Å². The lowest BCUT2D eigenvalue weighted by Crippen LogP contribution is -1.99. The number of aromatic nitrogens is 1. The molecule has 0 atom stereocenters. The maximum absolute atomic E-state index is 6.07. The summed E-state index contributed by atoms with van der Waals surface area (Å²) in [5.41, 5.74) is 2.43. The lowest BCUT2D eigenvalue weighted by molar-refractivity contribution is 0.302. The molecule has 0 aliphatic heterocycles. The molecule has 0 fully saturated rings. The number of hydrogen-bond acceptors (Lipinski definition) is 2. The van der Waals surface area contributed by atoms with Gasteiger partial charge >= 0.3 is 0 Å². The first kappa shape index (κ1) is 12.9. The molecule has 98 valence electrons. The molecular weight excluding hydrogens is 270 g/mol. The summed E-state index contributed by atoms with van der Waals surface area (Å²) in [6.07, 6.45) is 0. The molecule has 1 aromatic heterocycles. The zero-order valence-electron chi connectivity index (χ0n) is 10.7. The van der Waals surface area contributed by atoms with E-state index in [0.29, 0.717) is 22.9 Å². The third-order valence-electron chi connectivity index (χ3n) is 2.99. The molecule has 0 spiro atoms. The molecule has 0 unspecified atom stereocenters. The normalized spacial score (nSPS) is 10.7. The van der Waals surface area contributed by atoms with Crippen LogP contribution in [0.5, 0.6) is 5.75 Å². The van der Waals surface area contributed by atoms with Crippen molar-refractivity contribution < 1.29 is 4.74 Å². The average Bonchev–Trinajstić information content (AvgIpc) is 2.46. The van der Waals surface area contributed by atoms with Crippen molar-refractivity contribution >= 4 is 22.5 Å². The van der Waals surface area contributed by atoms with E-state index in [-0.39, 0.29) is 0 Å². The summed E-state index contributed by atoms with van der Waals surface area (Å²) in [5, 5.41) is 1.62. The molecule has 3 rings (SSSR count). The molecule has 2 nitrogen and oxygen atoms in total. The molecule has 0 saturated carbocycles. The molecular formula is C17H12ClNO. The van der Waals surface area contributed by atoms with Crippen LogP contribution in [0.1, 0.15) is 11.3 Å². The van der Waals surface area contributed by atoms with E-state index in [9.17, 15) is 0 Å². The SMILES string of the molecule is [CH]c1ccc(OCc2ccc3ccccc3n2)c(Cl)c1. The van der Waals surface area contributed by atoms with Gasteiger partial charge in [-0.25, -0.2) is 4.98 Å². The molecule has 20 heavy (non-hydrogen) atoms. The number of para-hydroxylation sites is 1. The van der Waals surface area contributed by atoms with Crippen molar-refractivity contribution in [2.24, 2.45) is 0 Å². The predicted molar refractivity (Wildman–Crippen MR) is 80.9 cm³/mol. The van der Waals surface area contributed by atoms with Crippen molar-refractivity contribution in [3.05, 3.63) is 77.8 Å². The standard InChI is InChI=1S/C17H12ClNO/c1-12-6-9-17(15(18)10-12)20-11-14-8-7-13-4-2-3-5-16(13)19-14/h1-10H,11H2. The highest BCUT2D eigenvalue weighted by Gasteiger charge is 2.03. The number of halogens is 1. The first-order valence-corrected chi connectivity index (χ1v) is 6.63. The highest BCUT2D eigenvalue weighted by atomic mass is 35.5. The van der Waals surface area contributed by atoms with E-state index in [0.717, 1.165) is 16.6 Å². The highest BCUT2D eigenvalue weighted by molar-refractivity contribution is 6.32. The summed E-state index contributed by atoms with van der Waals surface area (Å²) in [7, 11) is 0. The van der Waals surface area contributed by atoms with Gasteiger partial charge < -0.3 is 4.74 Å². The highest BCUT2D eigenvalue weighted by Crippen LogP contribution is 2.26. The molecule has 2 aromatic carbocycles. The molecule has 0 N–H and O–H groups in total. The minimum absolute atomic E-state index is 0.370. The van der Waals surface area contributed by atoms with Crippen LogP contribution < -0.4 is 4.74 Å². The lowest BCUT2D eigenvalue weighted by Gasteiger charge is -2.08. The van der Waals surface area contributed by atoms with E-state index < -0.39 is 0 Å². The van der Waals surface area contributed by atoms with Gasteiger partial charge in [0.05, 0.1) is 16.2 Å². The minimum Gasteiger partial charge on any atom is -0.486 e. The Kier molecular flexibility index (Phi) is 3.57. The van der Waals surface area contributed by atoms with Gasteiger partial charge in [0.25, 0.3) is 0 Å². The van der Waals surface area contributed by atoms with Crippen molar-refractivity contribution in [2.75, 3.05) is 0 Å². The Bertz CT molecular complexity index is 755. The number of rotatable bonds is 3. The molecule has 0 saturated heterocycles. The average molecular weight is 282 g/mol. The quantitative estimate of drug-likeness (QED) is 0.704. The van der Waals surface area contributed by atoms with Crippen LogP contribution in [-0.2, 0) is 6.61 Å². The van der Waals surface area contributed by atoms with Crippen molar-refractivity contribution in [1.82, 2.24) is 4.98 Å².